The highest BCUT2D eigenvalue weighted by atomic mass is 16.7. The summed E-state index contributed by atoms with van der Waals surface area (Å²) in [6, 6.07) is 5.05. The Balaban J connectivity index is 1.79. The molecule has 2 aliphatic rings. The molecule has 30 heavy (non-hydrogen) atoms. The van der Waals surface area contributed by atoms with Crippen LogP contribution in [0, 0.1) is 0 Å². The van der Waals surface area contributed by atoms with E-state index in [4.69, 9.17) is 14.0 Å². The Morgan fingerprint density at radius 1 is 1.23 bits per heavy atom. The zero-order valence-electron chi connectivity index (χ0n) is 19.0. The summed E-state index contributed by atoms with van der Waals surface area (Å²) >= 11 is 0. The molecule has 1 aromatic rings. The van der Waals surface area contributed by atoms with Crippen LogP contribution in [0.4, 0.5) is 10.5 Å². The Morgan fingerprint density at radius 2 is 1.83 bits per heavy atom. The second kappa shape index (κ2) is 7.50. The molecule has 0 spiro atoms. The highest BCUT2D eigenvalue weighted by molar-refractivity contribution is 6.62. The number of rotatable bonds is 2. The van der Waals surface area contributed by atoms with E-state index in [9.17, 15) is 9.59 Å². The average Bonchev–Trinajstić information content (AvgIpc) is 2.75. The third-order valence-corrected chi connectivity index (χ3v) is 5.88. The molecular weight excluding hydrogens is 383 g/mol. The molecule has 3 rings (SSSR count). The van der Waals surface area contributed by atoms with Gasteiger partial charge in [0.05, 0.1) is 11.2 Å². The predicted molar refractivity (Wildman–Crippen MR) is 116 cm³/mol. The van der Waals surface area contributed by atoms with Crippen molar-refractivity contribution in [2.75, 3.05) is 0 Å². The number of hydrogen-bond acceptors (Lipinski definition) is 5. The molecule has 2 amide bonds. The number of fused-ring (bicyclic) bond motifs is 1. The van der Waals surface area contributed by atoms with Crippen molar-refractivity contribution in [1.29, 1.82) is 0 Å². The number of hydrogen-bond donors (Lipinski definition) is 1. The summed E-state index contributed by atoms with van der Waals surface area (Å²) in [6.45, 7) is 17.3. The van der Waals surface area contributed by atoms with Gasteiger partial charge in [0.15, 0.2) is 6.04 Å². The summed E-state index contributed by atoms with van der Waals surface area (Å²) < 4.78 is 18.9. The van der Waals surface area contributed by atoms with Gasteiger partial charge in [-0.15, -0.1) is 4.58 Å². The molecule has 1 N–H and O–H groups in total. The SMILES string of the molecule is C=[N+]1C(=O)C(NC(=O)OC(C)(C)C)CCc2cc(B3OC(C)(C)C(C)(C)O3)ccc21. The first-order chi connectivity index (χ1) is 13.7. The van der Waals surface area contributed by atoms with Crippen LogP contribution in [0.5, 0.6) is 0 Å². The number of benzene rings is 1. The summed E-state index contributed by atoms with van der Waals surface area (Å²) in [5.41, 5.74) is 1.07. The minimum Gasteiger partial charge on any atom is -0.444 e. The van der Waals surface area contributed by atoms with Crippen LogP contribution in [-0.2, 0) is 25.3 Å². The number of carbonyl (C=O) groups excluding carboxylic acids is 2. The molecule has 2 heterocycles. The second-order valence-electron chi connectivity index (χ2n) is 9.98. The van der Waals surface area contributed by atoms with Crippen molar-refractivity contribution in [3.8, 4) is 0 Å². The van der Waals surface area contributed by atoms with Crippen molar-refractivity contribution in [2.45, 2.75) is 84.2 Å². The molecule has 1 fully saturated rings. The van der Waals surface area contributed by atoms with E-state index in [1.807, 2.05) is 45.9 Å². The van der Waals surface area contributed by atoms with E-state index in [0.29, 0.717) is 18.5 Å². The molecule has 1 atom stereocenters. The fourth-order valence-electron chi connectivity index (χ4n) is 3.51. The van der Waals surface area contributed by atoms with Crippen molar-refractivity contribution in [3.63, 3.8) is 0 Å². The van der Waals surface area contributed by atoms with Gasteiger partial charge >= 0.3 is 19.1 Å². The van der Waals surface area contributed by atoms with Crippen LogP contribution in [0.25, 0.3) is 0 Å². The van der Waals surface area contributed by atoms with Crippen molar-refractivity contribution in [3.05, 3.63) is 23.8 Å². The molecule has 1 unspecified atom stereocenters. The molecule has 0 radical (unpaired) electrons. The molecule has 7 nitrogen and oxygen atoms in total. The lowest BCUT2D eigenvalue weighted by Crippen LogP contribution is -2.45. The third-order valence-electron chi connectivity index (χ3n) is 5.88. The van der Waals surface area contributed by atoms with Crippen molar-refractivity contribution in [2.24, 2.45) is 0 Å². The van der Waals surface area contributed by atoms with Gasteiger partial charge < -0.3 is 19.4 Å². The van der Waals surface area contributed by atoms with Crippen LogP contribution >= 0.6 is 0 Å². The molecule has 0 bridgehead atoms. The maximum atomic E-state index is 12.9. The molecular formula is C22H32BN2O5+. The number of alkyl carbamates (subject to hydrolysis) is 1. The topological polar surface area (TPSA) is 76.9 Å². The summed E-state index contributed by atoms with van der Waals surface area (Å²) in [5.74, 6) is -0.275. The van der Waals surface area contributed by atoms with Gasteiger partial charge in [-0.05, 0) is 66.8 Å². The number of nitrogens with one attached hydrogen (secondary N) is 1. The second-order valence-corrected chi connectivity index (χ2v) is 9.98. The first-order valence-electron chi connectivity index (χ1n) is 10.3. The lowest BCUT2D eigenvalue weighted by Gasteiger charge is -2.32. The fraction of sp³-hybridized carbons (Fsp3) is 0.591. The van der Waals surface area contributed by atoms with E-state index in [2.05, 4.69) is 12.0 Å². The van der Waals surface area contributed by atoms with Gasteiger partial charge in [0.2, 0.25) is 5.69 Å². The Hall–Kier alpha value is -2.19. The monoisotopic (exact) mass is 415 g/mol. The molecule has 0 aliphatic carbocycles. The van der Waals surface area contributed by atoms with Crippen molar-refractivity contribution in [1.82, 2.24) is 5.32 Å². The molecule has 1 aromatic carbocycles. The Kier molecular flexibility index (Phi) is 5.62. The number of aryl methyl sites for hydroxylation is 1. The van der Waals surface area contributed by atoms with Gasteiger partial charge in [-0.25, -0.2) is 9.59 Å². The zero-order chi connectivity index (χ0) is 22.5. The van der Waals surface area contributed by atoms with Crippen molar-refractivity contribution < 1.29 is 28.2 Å². The zero-order valence-corrected chi connectivity index (χ0v) is 19.0. The summed E-state index contributed by atoms with van der Waals surface area (Å²) in [5, 5.41) is 2.68. The number of amides is 2. The lowest BCUT2D eigenvalue weighted by molar-refractivity contribution is -0.360. The third kappa shape index (κ3) is 4.44. The van der Waals surface area contributed by atoms with E-state index in [1.54, 1.807) is 20.8 Å². The van der Waals surface area contributed by atoms with Gasteiger partial charge in [0, 0.05) is 11.6 Å². The first kappa shape index (κ1) is 22.5. The van der Waals surface area contributed by atoms with Gasteiger partial charge in [0.1, 0.15) is 12.3 Å². The Bertz CT molecular complexity index is 872. The van der Waals surface area contributed by atoms with Crippen LogP contribution in [0.15, 0.2) is 18.2 Å². The summed E-state index contributed by atoms with van der Waals surface area (Å²) in [6.07, 6.45) is 0.434. The van der Waals surface area contributed by atoms with E-state index in [1.165, 1.54) is 4.58 Å². The Labute approximate surface area is 178 Å². The van der Waals surface area contributed by atoms with Crippen LogP contribution in [0.2, 0.25) is 0 Å². The van der Waals surface area contributed by atoms with Crippen LogP contribution in [0.3, 0.4) is 0 Å². The minimum absolute atomic E-state index is 0.275. The predicted octanol–water partition coefficient (Wildman–Crippen LogP) is 2.70. The van der Waals surface area contributed by atoms with E-state index < -0.39 is 36.1 Å². The average molecular weight is 415 g/mol. The quantitative estimate of drug-likeness (QED) is 0.594. The fourth-order valence-corrected chi connectivity index (χ4v) is 3.51. The van der Waals surface area contributed by atoms with Crippen LogP contribution < -0.4 is 10.8 Å². The van der Waals surface area contributed by atoms with E-state index in [0.717, 1.165) is 11.0 Å². The normalized spacial score (nSPS) is 23.0. The number of carbonyl (C=O) groups is 2. The first-order valence-corrected chi connectivity index (χ1v) is 10.3. The number of nitrogens with zero attached hydrogens (tertiary/aromatic N) is 1. The molecule has 162 valence electrons. The molecule has 8 heteroatoms. The molecule has 2 aliphatic heterocycles. The standard InChI is InChI=1S/C22H31BN2O5/c1-20(2,3)28-19(27)24-16-11-9-14-13-15(10-12-17(14)25(8)18(16)26)23-29-21(4,5)22(6,7)30-23/h10,12-13,16H,8-9,11H2,1-7H3/p+1. The van der Waals surface area contributed by atoms with Crippen LogP contribution in [-0.4, -0.2) is 53.3 Å². The minimum atomic E-state index is -0.704. The maximum Gasteiger partial charge on any atom is 0.494 e. The Morgan fingerprint density at radius 3 is 2.40 bits per heavy atom. The highest BCUT2D eigenvalue weighted by Gasteiger charge is 2.52. The smallest absolute Gasteiger partial charge is 0.444 e. The number of ether oxygens (including phenoxy) is 1. The van der Waals surface area contributed by atoms with Gasteiger partial charge in [-0.1, -0.05) is 12.1 Å². The molecule has 1 saturated heterocycles. The molecule has 0 saturated carbocycles. The maximum absolute atomic E-state index is 12.9. The van der Waals surface area contributed by atoms with Crippen LogP contribution in [0.1, 0.15) is 60.5 Å². The summed E-state index contributed by atoms with van der Waals surface area (Å²) in [7, 11) is -0.479. The van der Waals surface area contributed by atoms with E-state index in [-0.39, 0.29) is 5.91 Å². The van der Waals surface area contributed by atoms with Gasteiger partial charge in [-0.2, -0.15) is 0 Å². The van der Waals surface area contributed by atoms with Gasteiger partial charge in [-0.3, -0.25) is 0 Å². The summed E-state index contributed by atoms with van der Waals surface area (Å²) in [4.78, 5) is 25.0. The van der Waals surface area contributed by atoms with Crippen molar-refractivity contribution >= 4 is 37.0 Å². The lowest BCUT2D eigenvalue weighted by atomic mass is 9.78. The highest BCUT2D eigenvalue weighted by Crippen LogP contribution is 2.37. The molecule has 0 aromatic heterocycles. The largest absolute Gasteiger partial charge is 0.494 e. The van der Waals surface area contributed by atoms with Gasteiger partial charge in [0.25, 0.3) is 0 Å². The van der Waals surface area contributed by atoms with E-state index >= 15 is 0 Å².